The molecule has 2 unspecified atom stereocenters. The number of rotatable bonds is 3. The summed E-state index contributed by atoms with van der Waals surface area (Å²) in [7, 11) is 0. The van der Waals surface area contributed by atoms with Crippen LogP contribution in [0.25, 0.3) is 0 Å². The lowest BCUT2D eigenvalue weighted by Crippen LogP contribution is -2.55. The van der Waals surface area contributed by atoms with Crippen molar-refractivity contribution >= 4 is 23.2 Å². The van der Waals surface area contributed by atoms with Crippen LogP contribution in [0.4, 0.5) is 0 Å². The third-order valence-electron chi connectivity index (χ3n) is 4.72. The van der Waals surface area contributed by atoms with Crippen molar-refractivity contribution in [2.24, 2.45) is 0 Å². The Bertz CT molecular complexity index is 751. The van der Waals surface area contributed by atoms with Crippen LogP contribution in [0, 0.1) is 0 Å². The summed E-state index contributed by atoms with van der Waals surface area (Å²) in [5.41, 5.74) is 1.44. The first kappa shape index (κ1) is 20.1. The van der Waals surface area contributed by atoms with Crippen molar-refractivity contribution in [2.45, 2.75) is 37.0 Å². The molecule has 0 bridgehead atoms. The van der Waals surface area contributed by atoms with Crippen LogP contribution in [0.2, 0.25) is 10.0 Å². The summed E-state index contributed by atoms with van der Waals surface area (Å²) in [6, 6.07) is 14.2. The number of benzene rings is 2. The lowest BCUT2D eigenvalue weighted by Gasteiger charge is -2.43. The molecule has 0 spiro atoms. The highest BCUT2D eigenvalue weighted by Gasteiger charge is 2.44. The molecule has 2 fully saturated rings. The van der Waals surface area contributed by atoms with Gasteiger partial charge in [-0.2, -0.15) is 0 Å². The minimum Gasteiger partial charge on any atom is -0.388 e. The van der Waals surface area contributed by atoms with Crippen molar-refractivity contribution in [1.29, 1.82) is 0 Å². The predicted octanol–water partition coefficient (Wildman–Crippen LogP) is 3.24. The quantitative estimate of drug-likeness (QED) is 0.784. The molecule has 2 N–H and O–H groups in total. The van der Waals surface area contributed by atoms with Crippen LogP contribution >= 0.6 is 23.2 Å². The Morgan fingerprint density at radius 1 is 0.714 bits per heavy atom. The Balaban J connectivity index is 1.53. The van der Waals surface area contributed by atoms with E-state index in [1.165, 1.54) is 0 Å². The predicted molar refractivity (Wildman–Crippen MR) is 102 cm³/mol. The molecule has 0 radical (unpaired) electrons. The van der Waals surface area contributed by atoms with E-state index < -0.39 is 37.0 Å². The summed E-state index contributed by atoms with van der Waals surface area (Å²) in [6.45, 7) is 0.0776. The lowest BCUT2D eigenvalue weighted by atomic mass is 10.0. The monoisotopic (exact) mass is 426 g/mol. The van der Waals surface area contributed by atoms with E-state index in [-0.39, 0.29) is 13.2 Å². The standard InChI is InChI=1S/C20H20Cl2O6/c21-13-5-1-3-11(7-13)19-25-9-15(23)17(27-19)18-16(24)10-26-20(28-18)12-4-2-6-14(22)8-12/h1-8,15-20,23-24H,9-10H2/t15-,16+,17-,18-,19?,20?/m1/s1. The van der Waals surface area contributed by atoms with E-state index in [0.717, 1.165) is 11.1 Å². The van der Waals surface area contributed by atoms with Gasteiger partial charge in [-0.15, -0.1) is 0 Å². The SMILES string of the molecule is O[C@@H]1COC(c2cccc(Cl)c2)O[C@H]1[C@@H]1OC(c2cccc(Cl)c2)OC[C@@H]1O. The van der Waals surface area contributed by atoms with E-state index in [4.69, 9.17) is 42.1 Å². The molecule has 6 atom stereocenters. The summed E-state index contributed by atoms with van der Waals surface area (Å²) in [5.74, 6) is 0. The van der Waals surface area contributed by atoms with Gasteiger partial charge in [-0.1, -0.05) is 47.5 Å². The number of hydrogen-bond donors (Lipinski definition) is 2. The molecule has 8 heteroatoms. The topological polar surface area (TPSA) is 77.4 Å². The fourth-order valence-corrected chi connectivity index (χ4v) is 3.75. The van der Waals surface area contributed by atoms with E-state index in [9.17, 15) is 10.2 Å². The molecule has 0 amide bonds. The number of hydrogen-bond acceptors (Lipinski definition) is 6. The zero-order chi connectivity index (χ0) is 19.7. The van der Waals surface area contributed by atoms with Crippen LogP contribution in [0.5, 0.6) is 0 Å². The molecule has 150 valence electrons. The smallest absolute Gasteiger partial charge is 0.184 e. The minimum absolute atomic E-state index is 0.0388. The van der Waals surface area contributed by atoms with E-state index in [1.807, 2.05) is 12.1 Å². The number of halogens is 2. The zero-order valence-corrected chi connectivity index (χ0v) is 16.3. The third-order valence-corrected chi connectivity index (χ3v) is 5.19. The van der Waals surface area contributed by atoms with Gasteiger partial charge in [-0.3, -0.25) is 0 Å². The van der Waals surface area contributed by atoms with Crippen molar-refractivity contribution in [3.8, 4) is 0 Å². The summed E-state index contributed by atoms with van der Waals surface area (Å²) < 4.78 is 23.1. The highest BCUT2D eigenvalue weighted by Crippen LogP contribution is 2.35. The second-order valence-corrected chi connectivity index (χ2v) is 7.65. The normalized spacial score (nSPS) is 33.6. The molecule has 2 heterocycles. The van der Waals surface area contributed by atoms with Crippen LogP contribution in [0.3, 0.4) is 0 Å². The van der Waals surface area contributed by atoms with Gasteiger partial charge in [-0.25, -0.2) is 0 Å². The van der Waals surface area contributed by atoms with Crippen LogP contribution in [0.15, 0.2) is 48.5 Å². The molecular weight excluding hydrogens is 407 g/mol. The largest absolute Gasteiger partial charge is 0.388 e. The summed E-state index contributed by atoms with van der Waals surface area (Å²) in [4.78, 5) is 0. The van der Waals surface area contributed by atoms with Gasteiger partial charge >= 0.3 is 0 Å². The molecular formula is C20H20Cl2O6. The van der Waals surface area contributed by atoms with Crippen LogP contribution in [-0.2, 0) is 18.9 Å². The minimum atomic E-state index is -0.965. The van der Waals surface area contributed by atoms with E-state index in [0.29, 0.717) is 10.0 Å². The van der Waals surface area contributed by atoms with Gasteiger partial charge in [0.1, 0.15) is 24.4 Å². The summed E-state index contributed by atoms with van der Waals surface area (Å²) in [6.07, 6.45) is -5.00. The molecule has 2 aromatic carbocycles. The van der Waals surface area contributed by atoms with E-state index in [2.05, 4.69) is 0 Å². The third kappa shape index (κ3) is 4.35. The fraction of sp³-hybridized carbons (Fsp3) is 0.400. The first-order valence-corrected chi connectivity index (χ1v) is 9.68. The molecule has 0 aromatic heterocycles. The highest BCUT2D eigenvalue weighted by atomic mass is 35.5. The van der Waals surface area contributed by atoms with Gasteiger partial charge in [0.2, 0.25) is 0 Å². The van der Waals surface area contributed by atoms with Crippen LogP contribution in [-0.4, -0.2) is 47.8 Å². The molecule has 6 nitrogen and oxygen atoms in total. The second kappa shape index (κ2) is 8.65. The highest BCUT2D eigenvalue weighted by molar-refractivity contribution is 6.30. The van der Waals surface area contributed by atoms with Crippen LogP contribution in [0.1, 0.15) is 23.7 Å². The summed E-state index contributed by atoms with van der Waals surface area (Å²) >= 11 is 12.1. The molecule has 2 aromatic rings. The van der Waals surface area contributed by atoms with Gasteiger partial charge in [0.05, 0.1) is 13.2 Å². The number of ether oxygens (including phenoxy) is 4. The molecule has 2 aliphatic heterocycles. The van der Waals surface area contributed by atoms with Gasteiger partial charge < -0.3 is 29.2 Å². The Morgan fingerprint density at radius 2 is 1.14 bits per heavy atom. The van der Waals surface area contributed by atoms with Crippen molar-refractivity contribution < 1.29 is 29.2 Å². The van der Waals surface area contributed by atoms with Gasteiger partial charge in [0, 0.05) is 21.2 Å². The first-order chi connectivity index (χ1) is 13.5. The average molecular weight is 427 g/mol. The van der Waals surface area contributed by atoms with Gasteiger partial charge in [0.15, 0.2) is 12.6 Å². The fourth-order valence-electron chi connectivity index (χ4n) is 3.36. The van der Waals surface area contributed by atoms with Crippen molar-refractivity contribution in [3.05, 3.63) is 69.7 Å². The van der Waals surface area contributed by atoms with Crippen molar-refractivity contribution in [1.82, 2.24) is 0 Å². The van der Waals surface area contributed by atoms with Gasteiger partial charge in [-0.05, 0) is 24.3 Å². The van der Waals surface area contributed by atoms with E-state index >= 15 is 0 Å². The average Bonchev–Trinajstić information content (AvgIpc) is 2.69. The maximum absolute atomic E-state index is 10.4. The molecule has 0 aliphatic carbocycles. The molecule has 28 heavy (non-hydrogen) atoms. The lowest BCUT2D eigenvalue weighted by molar-refractivity contribution is -0.331. The van der Waals surface area contributed by atoms with E-state index in [1.54, 1.807) is 36.4 Å². The maximum Gasteiger partial charge on any atom is 0.184 e. The summed E-state index contributed by atoms with van der Waals surface area (Å²) in [5, 5.41) is 22.0. The van der Waals surface area contributed by atoms with Crippen molar-refractivity contribution in [3.63, 3.8) is 0 Å². The van der Waals surface area contributed by atoms with Crippen molar-refractivity contribution in [2.75, 3.05) is 13.2 Å². The molecule has 2 aliphatic rings. The number of aliphatic hydroxyl groups is 2. The molecule has 2 saturated heterocycles. The van der Waals surface area contributed by atoms with Gasteiger partial charge in [0.25, 0.3) is 0 Å². The number of aliphatic hydroxyl groups excluding tert-OH is 2. The first-order valence-electron chi connectivity index (χ1n) is 8.92. The molecule has 4 rings (SSSR count). The Kier molecular flexibility index (Phi) is 6.20. The molecule has 0 saturated carbocycles. The van der Waals surface area contributed by atoms with Crippen LogP contribution < -0.4 is 0 Å². The second-order valence-electron chi connectivity index (χ2n) is 6.78. The Labute approximate surface area is 172 Å². The Hall–Kier alpha value is -1.22. The zero-order valence-electron chi connectivity index (χ0n) is 14.8. The Morgan fingerprint density at radius 3 is 1.54 bits per heavy atom. The maximum atomic E-state index is 10.4.